The van der Waals surface area contributed by atoms with E-state index in [-0.39, 0.29) is 23.2 Å². The van der Waals surface area contributed by atoms with Gasteiger partial charge in [-0.05, 0) is 24.1 Å². The second kappa shape index (κ2) is 9.67. The molecule has 8 N–H and O–H groups in total. The van der Waals surface area contributed by atoms with E-state index in [0.717, 1.165) is 5.56 Å². The van der Waals surface area contributed by atoms with Crippen LogP contribution in [0.2, 0.25) is 0 Å². The topological polar surface area (TPSA) is 198 Å². The number of aliphatic carboxylic acids is 1. The Morgan fingerprint density at radius 2 is 1.82 bits per heavy atom. The van der Waals surface area contributed by atoms with Crippen molar-refractivity contribution in [3.8, 4) is 0 Å². The van der Waals surface area contributed by atoms with Gasteiger partial charge in [0.2, 0.25) is 20.6 Å². The highest BCUT2D eigenvalue weighted by Crippen LogP contribution is 2.27. The van der Waals surface area contributed by atoms with Crippen LogP contribution in [0.4, 0.5) is 0 Å². The number of nitrogens with two attached hydrogens (primary N) is 2. The summed E-state index contributed by atoms with van der Waals surface area (Å²) in [6.45, 7) is -0.811. The van der Waals surface area contributed by atoms with Crippen molar-refractivity contribution >= 4 is 27.5 Å². The maximum absolute atomic E-state index is 12.8. The Kier molecular flexibility index (Phi) is 7.12. The lowest BCUT2D eigenvalue weighted by molar-refractivity contribution is -0.140. The molecule has 2 aromatic carbocycles. The van der Waals surface area contributed by atoms with Crippen molar-refractivity contribution < 1.29 is 28.0 Å². The smallest absolute Gasteiger partial charge is 0.341 e. The molecule has 0 radical (unpaired) electrons. The predicted octanol–water partition coefficient (Wildman–Crippen LogP) is 0.0251. The van der Waals surface area contributed by atoms with Gasteiger partial charge in [0.25, 0.3) is 0 Å². The van der Waals surface area contributed by atoms with Crippen molar-refractivity contribution in [1.29, 1.82) is 5.41 Å². The first kappa shape index (κ1) is 24.3. The van der Waals surface area contributed by atoms with Crippen LogP contribution in [0, 0.1) is 5.41 Å². The summed E-state index contributed by atoms with van der Waals surface area (Å²) in [5.74, 6) is -2.42. The highest BCUT2D eigenvalue weighted by Gasteiger charge is 2.49. The Morgan fingerprint density at radius 3 is 2.39 bits per heavy atom. The molecule has 1 aliphatic heterocycles. The van der Waals surface area contributed by atoms with Gasteiger partial charge in [-0.15, -0.1) is 0 Å². The van der Waals surface area contributed by atoms with Gasteiger partial charge in [-0.25, -0.2) is 13.2 Å². The lowest BCUT2D eigenvalue weighted by atomic mass is 9.99. The van der Waals surface area contributed by atoms with Crippen molar-refractivity contribution in [2.24, 2.45) is 11.5 Å². The minimum absolute atomic E-state index is 0.0432. The Hall–Kier alpha value is -3.32. The zero-order chi connectivity index (χ0) is 24.2. The predicted molar refractivity (Wildman–Crippen MR) is 119 cm³/mol. The third kappa shape index (κ3) is 5.20. The number of hydroxylamine groups is 1. The monoisotopic (exact) mass is 475 g/mol. The van der Waals surface area contributed by atoms with Gasteiger partial charge in [0.15, 0.2) is 0 Å². The molecule has 1 amide bonds. The number of hydrogen-bond donors (Lipinski definition) is 6. The van der Waals surface area contributed by atoms with Crippen LogP contribution in [-0.4, -0.2) is 48.8 Å². The van der Waals surface area contributed by atoms with Gasteiger partial charge in [0.1, 0.15) is 5.84 Å². The quantitative estimate of drug-likeness (QED) is 0.214. The van der Waals surface area contributed by atoms with Gasteiger partial charge >= 0.3 is 5.97 Å². The Bertz CT molecular complexity index is 1140. The number of amides is 1. The van der Waals surface area contributed by atoms with E-state index in [1.807, 2.05) is 0 Å². The van der Waals surface area contributed by atoms with Crippen molar-refractivity contribution in [2.45, 2.75) is 34.8 Å². The summed E-state index contributed by atoms with van der Waals surface area (Å²) in [5.41, 5.74) is 15.5. The molecule has 2 aromatic rings. The molecule has 0 saturated carbocycles. The molecule has 1 heterocycles. The molecule has 0 spiro atoms. The van der Waals surface area contributed by atoms with Crippen LogP contribution in [0.3, 0.4) is 0 Å². The fourth-order valence-electron chi connectivity index (χ4n) is 3.37. The number of carboxylic acid groups (broad SMARTS) is 1. The molecule has 3 rings (SSSR count). The number of carboxylic acids is 1. The van der Waals surface area contributed by atoms with Crippen LogP contribution in [0.1, 0.15) is 30.0 Å². The number of rotatable bonds is 9. The zero-order valence-corrected chi connectivity index (χ0v) is 18.3. The van der Waals surface area contributed by atoms with E-state index < -0.39 is 39.2 Å². The summed E-state index contributed by atoms with van der Waals surface area (Å²) in [7, 11) is -4.48. The molecule has 33 heavy (non-hydrogen) atoms. The molecule has 1 saturated heterocycles. The minimum atomic E-state index is -4.48. The number of nitrogen functional groups attached to an aromatic ring is 1. The van der Waals surface area contributed by atoms with Crippen LogP contribution in [0.25, 0.3) is 0 Å². The summed E-state index contributed by atoms with van der Waals surface area (Å²) in [4.78, 5) is 26.6. The number of sulfone groups is 1. The maximum Gasteiger partial charge on any atom is 0.341 e. The molecule has 12 heteroatoms. The first-order valence-corrected chi connectivity index (χ1v) is 11.5. The van der Waals surface area contributed by atoms with E-state index >= 15 is 0 Å². The highest BCUT2D eigenvalue weighted by molar-refractivity contribution is 7.93. The molecule has 1 aliphatic rings. The van der Waals surface area contributed by atoms with E-state index in [2.05, 4.69) is 10.8 Å². The van der Waals surface area contributed by atoms with Crippen LogP contribution >= 0.6 is 0 Å². The Morgan fingerprint density at radius 1 is 1.18 bits per heavy atom. The van der Waals surface area contributed by atoms with Crippen LogP contribution < -0.4 is 22.3 Å². The van der Waals surface area contributed by atoms with Crippen LogP contribution in [-0.2, 0) is 24.3 Å². The lowest BCUT2D eigenvalue weighted by Gasteiger charge is -2.25. The molecular weight excluding hydrogens is 450 g/mol. The normalized spacial score (nSPS) is 20.0. The minimum Gasteiger partial charge on any atom is -0.479 e. The van der Waals surface area contributed by atoms with Crippen molar-refractivity contribution in [3.63, 3.8) is 0 Å². The van der Waals surface area contributed by atoms with Gasteiger partial charge in [-0.1, -0.05) is 42.5 Å². The summed E-state index contributed by atoms with van der Waals surface area (Å²) in [6.07, 6.45) is -0.206. The van der Waals surface area contributed by atoms with Gasteiger partial charge in [0, 0.05) is 5.56 Å². The van der Waals surface area contributed by atoms with Crippen molar-refractivity contribution in [2.75, 3.05) is 6.54 Å². The molecule has 0 unspecified atom stereocenters. The molecule has 0 aromatic heterocycles. The van der Waals surface area contributed by atoms with E-state index in [9.17, 15) is 23.1 Å². The maximum atomic E-state index is 12.8. The standard InChI is InChI=1S/C21H25N5O6S/c22-19(23)14-8-6-13(7-9-14)17-10-15(32-26-17)11-18(27)25-12-21(24,20(28)29)33(30,31)16-4-2-1-3-5-16/h1-9,15,17,26H,10-12,24H2,(H3,22,23)(H,25,27)(H,28,29)/t15-,17+,21+/m1/s1. The third-order valence-electron chi connectivity index (χ3n) is 5.36. The molecule has 0 aliphatic carbocycles. The molecule has 11 nitrogen and oxygen atoms in total. The fraction of sp³-hybridized carbons (Fsp3) is 0.286. The molecule has 1 fully saturated rings. The molecular formula is C21H25N5O6S. The number of nitrogens with one attached hydrogen (secondary N) is 3. The lowest BCUT2D eigenvalue weighted by Crippen LogP contribution is -2.61. The summed E-state index contributed by atoms with van der Waals surface area (Å²) in [5, 5.41) is 19.3. The number of hydrogen-bond acceptors (Lipinski definition) is 8. The van der Waals surface area contributed by atoms with E-state index in [0.29, 0.717) is 12.0 Å². The van der Waals surface area contributed by atoms with Gasteiger partial charge in [-0.2, -0.15) is 5.48 Å². The average Bonchev–Trinajstić information content (AvgIpc) is 3.26. The van der Waals surface area contributed by atoms with Gasteiger partial charge < -0.3 is 21.9 Å². The fourth-order valence-corrected chi connectivity index (χ4v) is 4.79. The summed E-state index contributed by atoms with van der Waals surface area (Å²) in [6, 6.07) is 13.8. The third-order valence-corrected chi connectivity index (χ3v) is 7.53. The Labute approximate surface area is 190 Å². The Balaban J connectivity index is 1.60. The number of benzene rings is 2. The number of carbonyl (C=O) groups is 2. The average molecular weight is 476 g/mol. The van der Waals surface area contributed by atoms with Gasteiger partial charge in [-0.3, -0.25) is 15.0 Å². The first-order valence-electron chi connectivity index (χ1n) is 9.99. The summed E-state index contributed by atoms with van der Waals surface area (Å²) < 4.78 is 25.6. The summed E-state index contributed by atoms with van der Waals surface area (Å²) >= 11 is 0. The molecule has 3 atom stereocenters. The van der Waals surface area contributed by atoms with Crippen molar-refractivity contribution in [1.82, 2.24) is 10.8 Å². The number of carbonyl (C=O) groups excluding carboxylic acids is 1. The van der Waals surface area contributed by atoms with Crippen molar-refractivity contribution in [3.05, 3.63) is 65.7 Å². The van der Waals surface area contributed by atoms with E-state index in [1.54, 1.807) is 30.3 Å². The second-order valence-electron chi connectivity index (χ2n) is 7.67. The second-order valence-corrected chi connectivity index (χ2v) is 9.88. The van der Waals surface area contributed by atoms with E-state index in [1.165, 1.54) is 24.3 Å². The highest BCUT2D eigenvalue weighted by atomic mass is 32.2. The molecule has 0 bridgehead atoms. The van der Waals surface area contributed by atoms with Gasteiger partial charge in [0.05, 0.1) is 30.0 Å². The molecule has 176 valence electrons. The van der Waals surface area contributed by atoms with Crippen LogP contribution in [0.5, 0.6) is 0 Å². The number of amidine groups is 1. The zero-order valence-electron chi connectivity index (χ0n) is 17.5. The first-order chi connectivity index (χ1) is 15.5. The van der Waals surface area contributed by atoms with E-state index in [4.69, 9.17) is 21.7 Å². The van der Waals surface area contributed by atoms with Crippen LogP contribution in [0.15, 0.2) is 59.5 Å². The largest absolute Gasteiger partial charge is 0.479 e. The SMILES string of the molecule is N=C(N)c1ccc([C@@H]2C[C@H](CC(=O)NC[C@@](N)(C(=O)O)S(=O)(=O)c3ccccc3)ON2)cc1.